The number of para-hydroxylation sites is 1. The quantitative estimate of drug-likeness (QED) is 0.328. The van der Waals surface area contributed by atoms with Crippen molar-refractivity contribution in [2.45, 2.75) is 25.9 Å². The molecule has 0 unspecified atom stereocenters. The van der Waals surface area contributed by atoms with Gasteiger partial charge in [-0.05, 0) is 49.4 Å². The number of benzene rings is 2. The Morgan fingerprint density at radius 1 is 1.13 bits per heavy atom. The number of nitrogens with one attached hydrogen (secondary N) is 1. The van der Waals surface area contributed by atoms with Crippen molar-refractivity contribution < 1.29 is 22.8 Å². The number of hydrogen-bond acceptors (Lipinski definition) is 5. The first-order valence-corrected chi connectivity index (χ1v) is 13.1. The Labute approximate surface area is 221 Å². The van der Waals surface area contributed by atoms with Crippen LogP contribution in [0.15, 0.2) is 48.5 Å². The van der Waals surface area contributed by atoms with Gasteiger partial charge in [0.05, 0.1) is 21.0 Å². The summed E-state index contributed by atoms with van der Waals surface area (Å²) >= 11 is 1.19. The zero-order valence-electron chi connectivity index (χ0n) is 20.9. The molecule has 2 aromatic heterocycles. The SMILES string of the molecule is Cc1nc(C(=O)N(CCNC(=O)c2nn(C)c3ccccc23)CC2CC2)c(-c2cccc(C(F)(F)F)c2)s1. The Bertz CT molecular complexity index is 1510. The number of alkyl halides is 3. The second-order valence-corrected chi connectivity index (χ2v) is 10.6. The zero-order valence-corrected chi connectivity index (χ0v) is 21.7. The molecule has 2 heterocycles. The minimum atomic E-state index is -4.49. The van der Waals surface area contributed by atoms with E-state index < -0.39 is 11.7 Å². The average molecular weight is 542 g/mol. The third kappa shape index (κ3) is 5.42. The highest BCUT2D eigenvalue weighted by Gasteiger charge is 2.33. The standard InChI is InChI=1S/C27H26F3N5O2S/c1-16-32-23(24(38-16)18-6-5-7-19(14-18)27(28,29)30)26(37)35(15-17-10-11-17)13-12-31-25(36)22-20-8-3-4-9-21(20)34(2)33-22/h3-9,14,17H,10-13,15H2,1-2H3,(H,31,36). The minimum Gasteiger partial charge on any atom is -0.349 e. The highest BCUT2D eigenvalue weighted by Crippen LogP contribution is 2.36. The minimum absolute atomic E-state index is 0.134. The van der Waals surface area contributed by atoms with Crippen molar-refractivity contribution in [1.29, 1.82) is 0 Å². The van der Waals surface area contributed by atoms with Crippen LogP contribution in [0.2, 0.25) is 0 Å². The monoisotopic (exact) mass is 541 g/mol. The largest absolute Gasteiger partial charge is 0.416 e. The Kier molecular flexibility index (Phi) is 6.95. The second-order valence-electron chi connectivity index (χ2n) is 9.43. The van der Waals surface area contributed by atoms with E-state index in [9.17, 15) is 22.8 Å². The number of thiazole rings is 1. The van der Waals surface area contributed by atoms with Crippen molar-refractivity contribution in [1.82, 2.24) is 25.0 Å². The third-order valence-corrected chi connectivity index (χ3v) is 7.51. The maximum atomic E-state index is 13.6. The highest BCUT2D eigenvalue weighted by molar-refractivity contribution is 7.15. The van der Waals surface area contributed by atoms with Crippen LogP contribution in [0.1, 0.15) is 44.4 Å². The van der Waals surface area contributed by atoms with Gasteiger partial charge in [0.2, 0.25) is 0 Å². The molecule has 0 bridgehead atoms. The van der Waals surface area contributed by atoms with Crippen LogP contribution in [0, 0.1) is 12.8 Å². The first-order valence-electron chi connectivity index (χ1n) is 12.3. The lowest BCUT2D eigenvalue weighted by Gasteiger charge is -2.22. The summed E-state index contributed by atoms with van der Waals surface area (Å²) in [5.41, 5.74) is 0.804. The van der Waals surface area contributed by atoms with Gasteiger partial charge in [0, 0.05) is 32.1 Å². The molecule has 1 saturated carbocycles. The molecule has 7 nitrogen and oxygen atoms in total. The van der Waals surface area contributed by atoms with Gasteiger partial charge in [0.1, 0.15) is 5.69 Å². The predicted octanol–water partition coefficient (Wildman–Crippen LogP) is 5.31. The third-order valence-electron chi connectivity index (χ3n) is 6.49. The number of fused-ring (bicyclic) bond motifs is 1. The van der Waals surface area contributed by atoms with Gasteiger partial charge in [-0.3, -0.25) is 14.3 Å². The number of carbonyl (C=O) groups is 2. The molecule has 11 heteroatoms. The summed E-state index contributed by atoms with van der Waals surface area (Å²) < 4.78 is 41.6. The molecule has 38 heavy (non-hydrogen) atoms. The molecule has 1 N–H and O–H groups in total. The predicted molar refractivity (Wildman–Crippen MR) is 139 cm³/mol. The Balaban J connectivity index is 1.34. The van der Waals surface area contributed by atoms with E-state index in [-0.39, 0.29) is 30.6 Å². The van der Waals surface area contributed by atoms with E-state index in [0.29, 0.717) is 33.6 Å². The number of carbonyl (C=O) groups excluding carboxylic acids is 2. The number of halogens is 3. The van der Waals surface area contributed by atoms with Crippen LogP contribution in [0.3, 0.4) is 0 Å². The van der Waals surface area contributed by atoms with E-state index in [0.717, 1.165) is 35.9 Å². The highest BCUT2D eigenvalue weighted by atomic mass is 32.1. The molecule has 2 amide bonds. The van der Waals surface area contributed by atoms with Crippen LogP contribution in [-0.2, 0) is 13.2 Å². The summed E-state index contributed by atoms with van der Waals surface area (Å²) in [5.74, 6) is -0.327. The molecule has 0 aliphatic heterocycles. The molecule has 2 aromatic carbocycles. The van der Waals surface area contributed by atoms with Crippen molar-refractivity contribution in [3.8, 4) is 10.4 Å². The summed E-state index contributed by atoms with van der Waals surface area (Å²) in [6, 6.07) is 12.4. The number of nitrogens with zero attached hydrogens (tertiary/aromatic N) is 4. The molecule has 0 saturated heterocycles. The topological polar surface area (TPSA) is 80.1 Å². The smallest absolute Gasteiger partial charge is 0.349 e. The first kappa shape index (κ1) is 25.9. The van der Waals surface area contributed by atoms with Crippen molar-refractivity contribution in [2.24, 2.45) is 13.0 Å². The van der Waals surface area contributed by atoms with Gasteiger partial charge < -0.3 is 10.2 Å². The second kappa shape index (κ2) is 10.2. The Morgan fingerprint density at radius 3 is 2.63 bits per heavy atom. The summed E-state index contributed by atoms with van der Waals surface area (Å²) in [5, 5.41) is 8.52. The summed E-state index contributed by atoms with van der Waals surface area (Å²) in [7, 11) is 1.77. The van der Waals surface area contributed by atoms with E-state index in [1.165, 1.54) is 17.4 Å². The number of rotatable bonds is 8. The fourth-order valence-electron chi connectivity index (χ4n) is 4.41. The molecule has 1 fully saturated rings. The molecule has 0 radical (unpaired) electrons. The van der Waals surface area contributed by atoms with Crippen LogP contribution < -0.4 is 5.32 Å². The maximum Gasteiger partial charge on any atom is 0.416 e. The lowest BCUT2D eigenvalue weighted by molar-refractivity contribution is -0.137. The molecule has 0 atom stereocenters. The first-order chi connectivity index (χ1) is 18.1. The van der Waals surface area contributed by atoms with E-state index >= 15 is 0 Å². The van der Waals surface area contributed by atoms with E-state index in [4.69, 9.17) is 0 Å². The van der Waals surface area contributed by atoms with Crippen LogP contribution in [0.25, 0.3) is 21.3 Å². The van der Waals surface area contributed by atoms with Gasteiger partial charge in [-0.1, -0.05) is 30.3 Å². The fraction of sp³-hybridized carbons (Fsp3) is 0.333. The van der Waals surface area contributed by atoms with Crippen molar-refractivity contribution in [3.63, 3.8) is 0 Å². The lowest BCUT2D eigenvalue weighted by Crippen LogP contribution is -2.40. The molecule has 4 aromatic rings. The van der Waals surface area contributed by atoms with Crippen LogP contribution >= 0.6 is 11.3 Å². The average Bonchev–Trinajstić information content (AvgIpc) is 3.53. The number of hydrogen-bond donors (Lipinski definition) is 1. The molecule has 5 rings (SSSR count). The van der Waals surface area contributed by atoms with Crippen LogP contribution in [-0.4, -0.2) is 51.1 Å². The van der Waals surface area contributed by atoms with Gasteiger partial charge in [0.15, 0.2) is 5.69 Å². The van der Waals surface area contributed by atoms with Crippen molar-refractivity contribution in [3.05, 3.63) is 70.5 Å². The normalized spacial score (nSPS) is 13.6. The molecule has 0 spiro atoms. The Hall–Kier alpha value is -3.73. The van der Waals surface area contributed by atoms with Gasteiger partial charge in [0.25, 0.3) is 11.8 Å². The van der Waals surface area contributed by atoms with E-state index in [1.807, 2.05) is 24.3 Å². The van der Waals surface area contributed by atoms with Crippen molar-refractivity contribution in [2.75, 3.05) is 19.6 Å². The fourth-order valence-corrected chi connectivity index (χ4v) is 5.32. The van der Waals surface area contributed by atoms with Gasteiger partial charge in [-0.15, -0.1) is 11.3 Å². The van der Waals surface area contributed by atoms with Gasteiger partial charge >= 0.3 is 6.18 Å². The number of aromatic nitrogens is 3. The summed E-state index contributed by atoms with van der Waals surface area (Å²) in [6.07, 6.45) is -2.48. The van der Waals surface area contributed by atoms with Gasteiger partial charge in [-0.2, -0.15) is 18.3 Å². The molecule has 198 valence electrons. The zero-order chi connectivity index (χ0) is 27.0. The molecule has 1 aliphatic rings. The number of aryl methyl sites for hydroxylation is 2. The summed E-state index contributed by atoms with van der Waals surface area (Å²) in [6.45, 7) is 2.66. The van der Waals surface area contributed by atoms with Crippen LogP contribution in [0.5, 0.6) is 0 Å². The molecule has 1 aliphatic carbocycles. The Morgan fingerprint density at radius 2 is 1.89 bits per heavy atom. The summed E-state index contributed by atoms with van der Waals surface area (Å²) in [4.78, 5) is 33.0. The van der Waals surface area contributed by atoms with E-state index in [1.54, 1.807) is 29.6 Å². The van der Waals surface area contributed by atoms with Crippen LogP contribution in [0.4, 0.5) is 13.2 Å². The molecular formula is C27H26F3N5O2S. The molecular weight excluding hydrogens is 515 g/mol. The van der Waals surface area contributed by atoms with E-state index in [2.05, 4.69) is 15.4 Å². The number of amides is 2. The van der Waals surface area contributed by atoms with Gasteiger partial charge in [-0.25, -0.2) is 4.98 Å². The van der Waals surface area contributed by atoms with Crippen molar-refractivity contribution >= 4 is 34.1 Å². The lowest BCUT2D eigenvalue weighted by atomic mass is 10.1. The maximum absolute atomic E-state index is 13.6.